The molecule has 134 valence electrons. The van der Waals surface area contributed by atoms with Crippen molar-refractivity contribution in [2.45, 2.75) is 13.3 Å². The lowest BCUT2D eigenvalue weighted by molar-refractivity contribution is 0.208. The normalized spacial score (nSPS) is 14.7. The van der Waals surface area contributed by atoms with Crippen molar-refractivity contribution in [3.05, 3.63) is 54.2 Å². The molecule has 4 rings (SSSR count). The number of aromatic amines is 1. The number of urea groups is 1. The summed E-state index contributed by atoms with van der Waals surface area (Å²) in [4.78, 5) is 16.8. The van der Waals surface area contributed by atoms with Crippen LogP contribution in [0, 0.1) is 0 Å². The zero-order valence-corrected chi connectivity index (χ0v) is 14.9. The Morgan fingerprint density at radius 1 is 1.15 bits per heavy atom. The van der Waals surface area contributed by atoms with Gasteiger partial charge in [-0.25, -0.2) is 4.79 Å². The smallest absolute Gasteiger partial charge is 0.321 e. The maximum atomic E-state index is 12.6. The third-order valence-corrected chi connectivity index (χ3v) is 4.97. The summed E-state index contributed by atoms with van der Waals surface area (Å²) < 4.78 is 0. The predicted octanol–water partition coefficient (Wildman–Crippen LogP) is 3.48. The summed E-state index contributed by atoms with van der Waals surface area (Å²) in [5.74, 6) is 0. The third-order valence-electron chi connectivity index (χ3n) is 4.97. The first-order valence-corrected chi connectivity index (χ1v) is 9.06. The monoisotopic (exact) mass is 349 g/mol. The number of nitrogens with zero attached hydrogens (tertiary/aromatic N) is 3. The lowest BCUT2D eigenvalue weighted by Gasteiger charge is -2.37. The van der Waals surface area contributed by atoms with Crippen molar-refractivity contribution >= 4 is 28.3 Å². The molecule has 2 aromatic carbocycles. The van der Waals surface area contributed by atoms with E-state index >= 15 is 0 Å². The topological polar surface area (TPSA) is 64.3 Å². The molecule has 6 heteroatoms. The molecule has 1 aromatic heterocycles. The van der Waals surface area contributed by atoms with E-state index in [1.165, 1.54) is 11.3 Å². The van der Waals surface area contributed by atoms with Crippen LogP contribution in [-0.4, -0.2) is 47.3 Å². The van der Waals surface area contributed by atoms with Crippen LogP contribution in [-0.2, 0) is 6.42 Å². The molecule has 1 aliphatic heterocycles. The standard InChI is InChI=1S/C20H23N5O/c1-2-15-5-3-4-6-19(15)24-9-11-25(12-10-24)20(26)22-17-8-7-16-14-21-23-18(16)13-17/h3-8,13-14H,2,9-12H2,1H3,(H,21,23)(H,22,26). The van der Waals surface area contributed by atoms with Gasteiger partial charge in [0.15, 0.2) is 0 Å². The van der Waals surface area contributed by atoms with Crippen LogP contribution in [0.2, 0.25) is 0 Å². The Balaban J connectivity index is 1.38. The Bertz CT molecular complexity index is 911. The number of fused-ring (bicyclic) bond motifs is 1. The first-order chi connectivity index (χ1) is 12.7. The van der Waals surface area contributed by atoms with Gasteiger partial charge in [-0.1, -0.05) is 25.1 Å². The minimum absolute atomic E-state index is 0.0488. The molecule has 1 aliphatic rings. The number of aryl methyl sites for hydroxylation is 1. The molecule has 0 unspecified atom stereocenters. The summed E-state index contributed by atoms with van der Waals surface area (Å²) >= 11 is 0. The van der Waals surface area contributed by atoms with Gasteiger partial charge in [-0.05, 0) is 36.2 Å². The van der Waals surface area contributed by atoms with E-state index in [0.29, 0.717) is 0 Å². The number of carbonyl (C=O) groups excluding carboxylic acids is 1. The zero-order chi connectivity index (χ0) is 17.9. The first-order valence-electron chi connectivity index (χ1n) is 9.06. The van der Waals surface area contributed by atoms with Crippen LogP contribution in [0.1, 0.15) is 12.5 Å². The predicted molar refractivity (Wildman–Crippen MR) is 105 cm³/mol. The average Bonchev–Trinajstić information content (AvgIpc) is 3.16. The fraction of sp³-hybridized carbons (Fsp3) is 0.300. The molecule has 2 N–H and O–H groups in total. The summed E-state index contributed by atoms with van der Waals surface area (Å²) in [6.45, 7) is 5.32. The summed E-state index contributed by atoms with van der Waals surface area (Å²) in [6, 6.07) is 14.2. The molecule has 0 saturated carbocycles. The lowest BCUT2D eigenvalue weighted by Crippen LogP contribution is -2.50. The van der Waals surface area contributed by atoms with E-state index in [9.17, 15) is 4.79 Å². The summed E-state index contributed by atoms with van der Waals surface area (Å²) in [7, 11) is 0. The molecule has 26 heavy (non-hydrogen) atoms. The van der Waals surface area contributed by atoms with E-state index < -0.39 is 0 Å². The highest BCUT2D eigenvalue weighted by atomic mass is 16.2. The van der Waals surface area contributed by atoms with Crippen LogP contribution in [0.5, 0.6) is 0 Å². The number of amides is 2. The summed E-state index contributed by atoms with van der Waals surface area (Å²) in [5, 5.41) is 11.0. The Labute approximate surface area is 152 Å². The van der Waals surface area contributed by atoms with E-state index in [1.807, 2.05) is 23.1 Å². The van der Waals surface area contributed by atoms with Crippen molar-refractivity contribution in [2.75, 3.05) is 36.4 Å². The number of benzene rings is 2. The van der Waals surface area contributed by atoms with Gasteiger partial charge in [-0.15, -0.1) is 0 Å². The van der Waals surface area contributed by atoms with Gasteiger partial charge in [0.1, 0.15) is 0 Å². The molecule has 2 heterocycles. The Morgan fingerprint density at radius 2 is 1.96 bits per heavy atom. The van der Waals surface area contributed by atoms with Crippen molar-refractivity contribution < 1.29 is 4.79 Å². The first kappa shape index (κ1) is 16.4. The van der Waals surface area contributed by atoms with E-state index in [4.69, 9.17) is 0 Å². The van der Waals surface area contributed by atoms with Gasteiger partial charge in [0.25, 0.3) is 0 Å². The van der Waals surface area contributed by atoms with Crippen LogP contribution in [0.4, 0.5) is 16.2 Å². The fourth-order valence-corrected chi connectivity index (χ4v) is 3.49. The van der Waals surface area contributed by atoms with Crippen molar-refractivity contribution in [1.82, 2.24) is 15.1 Å². The SMILES string of the molecule is CCc1ccccc1N1CCN(C(=O)Nc2ccc3cn[nH]c3c2)CC1. The molecule has 1 fully saturated rings. The number of anilines is 2. The van der Waals surface area contributed by atoms with Gasteiger partial charge in [-0.2, -0.15) is 5.10 Å². The molecular weight excluding hydrogens is 326 g/mol. The van der Waals surface area contributed by atoms with Gasteiger partial charge in [0, 0.05) is 42.9 Å². The number of H-pyrrole nitrogens is 1. The largest absolute Gasteiger partial charge is 0.368 e. The fourth-order valence-electron chi connectivity index (χ4n) is 3.49. The van der Waals surface area contributed by atoms with Crippen molar-refractivity contribution in [2.24, 2.45) is 0 Å². The highest BCUT2D eigenvalue weighted by Gasteiger charge is 2.22. The number of carbonyl (C=O) groups is 1. The molecule has 0 aliphatic carbocycles. The highest BCUT2D eigenvalue weighted by Crippen LogP contribution is 2.23. The molecule has 0 spiro atoms. The quantitative estimate of drug-likeness (QED) is 0.761. The van der Waals surface area contributed by atoms with Gasteiger partial charge < -0.3 is 15.1 Å². The number of para-hydroxylation sites is 1. The van der Waals surface area contributed by atoms with Crippen molar-refractivity contribution in [3.8, 4) is 0 Å². The second-order valence-corrected chi connectivity index (χ2v) is 6.56. The number of rotatable bonds is 3. The summed E-state index contributed by atoms with van der Waals surface area (Å²) in [6.07, 6.45) is 2.79. The number of aromatic nitrogens is 2. The molecule has 0 radical (unpaired) electrons. The highest BCUT2D eigenvalue weighted by molar-refractivity contribution is 5.92. The van der Waals surface area contributed by atoms with Crippen LogP contribution in [0.25, 0.3) is 10.9 Å². The third kappa shape index (κ3) is 3.22. The molecular formula is C20H23N5O. The van der Waals surface area contributed by atoms with Crippen LogP contribution in [0.3, 0.4) is 0 Å². The Hall–Kier alpha value is -3.02. The number of hydrogen-bond acceptors (Lipinski definition) is 3. The van der Waals surface area contributed by atoms with Crippen molar-refractivity contribution in [1.29, 1.82) is 0 Å². The van der Waals surface area contributed by atoms with Crippen LogP contribution < -0.4 is 10.2 Å². The van der Waals surface area contributed by atoms with E-state index in [-0.39, 0.29) is 6.03 Å². The minimum atomic E-state index is -0.0488. The second-order valence-electron chi connectivity index (χ2n) is 6.56. The Kier molecular flexibility index (Phi) is 4.48. The van der Waals surface area contributed by atoms with E-state index in [0.717, 1.165) is 49.2 Å². The van der Waals surface area contributed by atoms with Crippen LogP contribution >= 0.6 is 0 Å². The second kappa shape index (κ2) is 7.07. The molecule has 6 nitrogen and oxygen atoms in total. The number of hydrogen-bond donors (Lipinski definition) is 2. The van der Waals surface area contributed by atoms with E-state index in [1.54, 1.807) is 6.20 Å². The average molecular weight is 349 g/mol. The summed E-state index contributed by atoms with van der Waals surface area (Å²) in [5.41, 5.74) is 4.35. The lowest BCUT2D eigenvalue weighted by atomic mass is 10.1. The van der Waals surface area contributed by atoms with Gasteiger partial charge in [0.05, 0.1) is 11.7 Å². The van der Waals surface area contributed by atoms with Gasteiger partial charge in [0.2, 0.25) is 0 Å². The molecule has 3 aromatic rings. The molecule has 0 atom stereocenters. The molecule has 0 bridgehead atoms. The van der Waals surface area contributed by atoms with E-state index in [2.05, 4.69) is 51.6 Å². The number of piperazine rings is 1. The van der Waals surface area contributed by atoms with Crippen molar-refractivity contribution in [3.63, 3.8) is 0 Å². The maximum absolute atomic E-state index is 12.6. The molecule has 2 amide bonds. The van der Waals surface area contributed by atoms with Gasteiger partial charge in [-0.3, -0.25) is 5.10 Å². The zero-order valence-electron chi connectivity index (χ0n) is 14.9. The maximum Gasteiger partial charge on any atom is 0.321 e. The Morgan fingerprint density at radius 3 is 2.77 bits per heavy atom. The molecule has 1 saturated heterocycles. The number of nitrogens with one attached hydrogen (secondary N) is 2. The minimum Gasteiger partial charge on any atom is -0.368 e. The van der Waals surface area contributed by atoms with Gasteiger partial charge >= 0.3 is 6.03 Å². The van der Waals surface area contributed by atoms with Crippen LogP contribution in [0.15, 0.2) is 48.7 Å².